The molecule has 1 aliphatic rings. The van der Waals surface area contributed by atoms with Crippen LogP contribution in [0.4, 0.5) is 5.69 Å². The first-order valence-electron chi connectivity index (χ1n) is 6.42. The number of carbonyl (C=O) groups is 1. The molecule has 21 heavy (non-hydrogen) atoms. The van der Waals surface area contributed by atoms with Crippen molar-refractivity contribution in [3.05, 3.63) is 35.0 Å². The molecule has 0 aromatic carbocycles. The van der Waals surface area contributed by atoms with Crippen molar-refractivity contribution in [1.29, 1.82) is 0 Å². The molecule has 3 heterocycles. The van der Waals surface area contributed by atoms with Gasteiger partial charge in [0, 0.05) is 6.61 Å². The molecule has 1 aliphatic heterocycles. The SMILES string of the molecule is O=C(Nc1ccc(-n2cnc(Cl)c2Cl)nc1)[C@H]1CCCO1. The second kappa shape index (κ2) is 6.01. The number of hydrogen-bond acceptors (Lipinski definition) is 4. The van der Waals surface area contributed by atoms with Crippen molar-refractivity contribution in [1.82, 2.24) is 14.5 Å². The number of halogens is 2. The monoisotopic (exact) mass is 326 g/mol. The number of nitrogens with zero attached hydrogens (tertiary/aromatic N) is 3. The molecule has 0 saturated carbocycles. The van der Waals surface area contributed by atoms with Crippen LogP contribution in [0.2, 0.25) is 10.3 Å². The molecule has 1 fully saturated rings. The Morgan fingerprint density at radius 3 is 2.81 bits per heavy atom. The maximum absolute atomic E-state index is 11.9. The number of aromatic nitrogens is 3. The standard InChI is InChI=1S/C13H12Cl2N4O2/c14-11-12(15)19(7-17-11)10-4-3-8(6-16-10)18-13(20)9-2-1-5-21-9/h3-4,6-7,9H,1-2,5H2,(H,18,20)/t9-/m1/s1. The summed E-state index contributed by atoms with van der Waals surface area (Å²) in [5, 5.41) is 3.28. The van der Waals surface area contributed by atoms with E-state index in [1.807, 2.05) is 0 Å². The van der Waals surface area contributed by atoms with E-state index >= 15 is 0 Å². The maximum Gasteiger partial charge on any atom is 0.253 e. The van der Waals surface area contributed by atoms with Crippen LogP contribution >= 0.6 is 23.2 Å². The van der Waals surface area contributed by atoms with Crippen LogP contribution in [0.15, 0.2) is 24.7 Å². The summed E-state index contributed by atoms with van der Waals surface area (Å²) >= 11 is 11.8. The highest BCUT2D eigenvalue weighted by Crippen LogP contribution is 2.23. The third kappa shape index (κ3) is 3.02. The fourth-order valence-electron chi connectivity index (χ4n) is 2.08. The number of anilines is 1. The summed E-state index contributed by atoms with van der Waals surface area (Å²) in [5.41, 5.74) is 0.599. The van der Waals surface area contributed by atoms with Gasteiger partial charge in [0.05, 0.1) is 11.9 Å². The number of rotatable bonds is 3. The largest absolute Gasteiger partial charge is 0.368 e. The summed E-state index contributed by atoms with van der Waals surface area (Å²) in [7, 11) is 0. The Morgan fingerprint density at radius 2 is 2.24 bits per heavy atom. The van der Waals surface area contributed by atoms with Gasteiger partial charge in [-0.05, 0) is 25.0 Å². The highest BCUT2D eigenvalue weighted by Gasteiger charge is 2.23. The lowest BCUT2D eigenvalue weighted by Crippen LogP contribution is -2.26. The van der Waals surface area contributed by atoms with Gasteiger partial charge in [-0.1, -0.05) is 23.2 Å². The molecule has 6 nitrogen and oxygen atoms in total. The third-order valence-electron chi connectivity index (χ3n) is 3.15. The minimum atomic E-state index is -0.369. The van der Waals surface area contributed by atoms with Crippen molar-refractivity contribution in [2.75, 3.05) is 11.9 Å². The second-order valence-corrected chi connectivity index (χ2v) is 5.31. The molecule has 2 aromatic heterocycles. The average molecular weight is 327 g/mol. The first-order chi connectivity index (χ1) is 10.1. The van der Waals surface area contributed by atoms with Crippen LogP contribution in [0.3, 0.4) is 0 Å². The van der Waals surface area contributed by atoms with E-state index < -0.39 is 0 Å². The van der Waals surface area contributed by atoms with Gasteiger partial charge in [-0.15, -0.1) is 0 Å². The molecule has 0 bridgehead atoms. The molecule has 0 unspecified atom stereocenters. The number of carbonyl (C=O) groups excluding carboxylic acids is 1. The molecule has 2 aromatic rings. The number of pyridine rings is 1. The zero-order valence-electron chi connectivity index (χ0n) is 10.9. The number of ether oxygens (including phenoxy) is 1. The zero-order valence-corrected chi connectivity index (χ0v) is 12.4. The van der Waals surface area contributed by atoms with Crippen LogP contribution in [0.1, 0.15) is 12.8 Å². The molecule has 0 aliphatic carbocycles. The van der Waals surface area contributed by atoms with E-state index in [2.05, 4.69) is 15.3 Å². The molecule has 1 N–H and O–H groups in total. The molecule has 1 saturated heterocycles. The summed E-state index contributed by atoms with van der Waals surface area (Å²) in [6.07, 6.45) is 4.33. The van der Waals surface area contributed by atoms with Crippen LogP contribution < -0.4 is 5.32 Å². The normalized spacial score (nSPS) is 17.9. The number of nitrogens with one attached hydrogen (secondary N) is 1. The van der Waals surface area contributed by atoms with Gasteiger partial charge < -0.3 is 10.1 Å². The van der Waals surface area contributed by atoms with E-state index in [1.165, 1.54) is 6.33 Å². The fraction of sp³-hybridized carbons (Fsp3) is 0.308. The average Bonchev–Trinajstić information content (AvgIpc) is 3.12. The van der Waals surface area contributed by atoms with E-state index in [0.29, 0.717) is 23.3 Å². The summed E-state index contributed by atoms with van der Waals surface area (Å²) in [6.45, 7) is 0.634. The fourth-order valence-corrected chi connectivity index (χ4v) is 2.39. The molecule has 1 atom stereocenters. The molecule has 1 amide bonds. The predicted molar refractivity (Wildman–Crippen MR) is 79.0 cm³/mol. The first-order valence-corrected chi connectivity index (χ1v) is 7.18. The second-order valence-electron chi connectivity index (χ2n) is 4.59. The van der Waals surface area contributed by atoms with Gasteiger partial charge in [-0.2, -0.15) is 0 Å². The summed E-state index contributed by atoms with van der Waals surface area (Å²) in [6, 6.07) is 3.45. The first kappa shape index (κ1) is 14.3. The topological polar surface area (TPSA) is 69.0 Å². The Balaban J connectivity index is 1.72. The quantitative estimate of drug-likeness (QED) is 0.941. The summed E-state index contributed by atoms with van der Waals surface area (Å²) < 4.78 is 6.87. The number of hydrogen-bond donors (Lipinski definition) is 1. The van der Waals surface area contributed by atoms with Crippen LogP contribution in [0.5, 0.6) is 0 Å². The van der Waals surface area contributed by atoms with Gasteiger partial charge in [-0.25, -0.2) is 9.97 Å². The Bertz CT molecular complexity index is 651. The minimum absolute atomic E-state index is 0.147. The van der Waals surface area contributed by atoms with Crippen molar-refractivity contribution in [2.24, 2.45) is 0 Å². The van der Waals surface area contributed by atoms with E-state index in [-0.39, 0.29) is 17.2 Å². The third-order valence-corrected chi connectivity index (χ3v) is 3.89. The van der Waals surface area contributed by atoms with Crippen molar-refractivity contribution in [2.45, 2.75) is 18.9 Å². The lowest BCUT2D eigenvalue weighted by molar-refractivity contribution is -0.124. The molecule has 0 spiro atoms. The van der Waals surface area contributed by atoms with Crippen LogP contribution in [-0.4, -0.2) is 33.2 Å². The molecule has 0 radical (unpaired) electrons. The van der Waals surface area contributed by atoms with Gasteiger partial charge in [0.1, 0.15) is 18.2 Å². The Kier molecular flexibility index (Phi) is 4.10. The lowest BCUT2D eigenvalue weighted by Gasteiger charge is -2.10. The Labute approximate surface area is 131 Å². The smallest absolute Gasteiger partial charge is 0.253 e. The lowest BCUT2D eigenvalue weighted by atomic mass is 10.2. The van der Waals surface area contributed by atoms with E-state index in [4.69, 9.17) is 27.9 Å². The zero-order chi connectivity index (χ0) is 14.8. The number of amides is 1. The Hall–Kier alpha value is -1.63. The van der Waals surface area contributed by atoms with E-state index in [1.54, 1.807) is 22.9 Å². The van der Waals surface area contributed by atoms with Gasteiger partial charge in [0.2, 0.25) is 0 Å². The van der Waals surface area contributed by atoms with Crippen LogP contribution in [-0.2, 0) is 9.53 Å². The van der Waals surface area contributed by atoms with Crippen molar-refractivity contribution in [3.8, 4) is 5.82 Å². The predicted octanol–water partition coefficient (Wildman–Crippen LogP) is 2.69. The van der Waals surface area contributed by atoms with Crippen molar-refractivity contribution < 1.29 is 9.53 Å². The Morgan fingerprint density at radius 1 is 1.38 bits per heavy atom. The highest BCUT2D eigenvalue weighted by molar-refractivity contribution is 6.40. The molecular weight excluding hydrogens is 315 g/mol. The molecule has 110 valence electrons. The van der Waals surface area contributed by atoms with Gasteiger partial charge in [0.25, 0.3) is 5.91 Å². The van der Waals surface area contributed by atoms with Crippen LogP contribution in [0.25, 0.3) is 5.82 Å². The van der Waals surface area contributed by atoms with Crippen LogP contribution in [0, 0.1) is 0 Å². The summed E-state index contributed by atoms with van der Waals surface area (Å²) in [4.78, 5) is 20.0. The highest BCUT2D eigenvalue weighted by atomic mass is 35.5. The van der Waals surface area contributed by atoms with Crippen molar-refractivity contribution >= 4 is 34.8 Å². The van der Waals surface area contributed by atoms with E-state index in [0.717, 1.165) is 12.8 Å². The molecule has 3 rings (SSSR count). The van der Waals surface area contributed by atoms with Gasteiger partial charge in [-0.3, -0.25) is 9.36 Å². The number of imidazole rings is 1. The van der Waals surface area contributed by atoms with Crippen molar-refractivity contribution in [3.63, 3.8) is 0 Å². The molecular formula is C13H12Cl2N4O2. The summed E-state index contributed by atoms with van der Waals surface area (Å²) in [5.74, 6) is 0.417. The minimum Gasteiger partial charge on any atom is -0.368 e. The van der Waals surface area contributed by atoms with Gasteiger partial charge >= 0.3 is 0 Å². The van der Waals surface area contributed by atoms with Gasteiger partial charge in [0.15, 0.2) is 10.3 Å². The van der Waals surface area contributed by atoms with E-state index in [9.17, 15) is 4.79 Å². The maximum atomic E-state index is 11.9. The molecule has 8 heteroatoms.